The van der Waals surface area contributed by atoms with Crippen LogP contribution in [0.2, 0.25) is 0 Å². The molecule has 0 N–H and O–H groups in total. The van der Waals surface area contributed by atoms with E-state index in [0.29, 0.717) is 0 Å². The molecule has 13 heavy (non-hydrogen) atoms. The fraction of sp³-hybridized carbons (Fsp3) is 0.700. The molecular weight excluding hydrogens is 179 g/mol. The Hall–Kier alpha value is -0.360. The zero-order valence-electron chi connectivity index (χ0n) is 9.15. The lowest BCUT2D eigenvalue weighted by molar-refractivity contribution is 0.933. The van der Waals surface area contributed by atoms with Gasteiger partial charge in [0.2, 0.25) is 0 Å². The van der Waals surface area contributed by atoms with E-state index in [9.17, 15) is 0 Å². The molecule has 0 aliphatic heterocycles. The highest BCUT2D eigenvalue weighted by Gasteiger charge is 2.22. The van der Waals surface area contributed by atoms with Crippen molar-refractivity contribution in [2.75, 3.05) is 0 Å². The molecule has 2 nitrogen and oxygen atoms in total. The molecule has 3 heteroatoms. The number of aryl methyl sites for hydroxylation is 1. The molecule has 1 rings (SSSR count). The van der Waals surface area contributed by atoms with Crippen LogP contribution in [-0.2, 0) is 7.05 Å². The van der Waals surface area contributed by atoms with Gasteiger partial charge < -0.3 is 4.57 Å². The van der Waals surface area contributed by atoms with Crippen LogP contribution in [0.15, 0.2) is 12.4 Å². The summed E-state index contributed by atoms with van der Waals surface area (Å²) in [6.07, 6.45) is 3.94. The van der Waals surface area contributed by atoms with Crippen molar-refractivity contribution < 1.29 is 0 Å². The Morgan fingerprint density at radius 1 is 1.23 bits per heavy atom. The number of nitrogens with zero attached hydrogens (tertiary/aromatic N) is 2. The Morgan fingerprint density at radius 3 is 2.08 bits per heavy atom. The fourth-order valence-corrected chi connectivity index (χ4v) is 4.41. The monoisotopic (exact) mass is 198 g/mol. The minimum absolute atomic E-state index is 0.106. The van der Waals surface area contributed by atoms with E-state index in [0.717, 1.165) is 11.3 Å². The number of rotatable bonds is 3. The predicted molar refractivity (Wildman–Crippen MR) is 60.0 cm³/mol. The van der Waals surface area contributed by atoms with Crippen LogP contribution in [0.25, 0.3) is 0 Å². The molecule has 1 heterocycles. The molecule has 0 aliphatic carbocycles. The van der Waals surface area contributed by atoms with Crippen LogP contribution in [0, 0.1) is 0 Å². The SMILES string of the molecule is CC(C)P(c1nccn1C)C(C)C. The van der Waals surface area contributed by atoms with Gasteiger partial charge in [0.1, 0.15) is 5.57 Å². The van der Waals surface area contributed by atoms with E-state index in [4.69, 9.17) is 0 Å². The maximum atomic E-state index is 4.45. The summed E-state index contributed by atoms with van der Waals surface area (Å²) in [7, 11) is 1.98. The zero-order valence-corrected chi connectivity index (χ0v) is 10.0. The van der Waals surface area contributed by atoms with Crippen LogP contribution < -0.4 is 5.57 Å². The minimum atomic E-state index is -0.106. The summed E-state index contributed by atoms with van der Waals surface area (Å²) in [5.41, 5.74) is 2.72. The van der Waals surface area contributed by atoms with Gasteiger partial charge in [-0.3, -0.25) is 0 Å². The highest BCUT2D eigenvalue weighted by atomic mass is 31.1. The summed E-state index contributed by atoms with van der Waals surface area (Å²) in [4.78, 5) is 4.45. The highest BCUT2D eigenvalue weighted by Crippen LogP contribution is 2.43. The van der Waals surface area contributed by atoms with Gasteiger partial charge in [0.25, 0.3) is 0 Å². The van der Waals surface area contributed by atoms with Crippen molar-refractivity contribution in [3.05, 3.63) is 12.4 Å². The molecule has 0 radical (unpaired) electrons. The van der Waals surface area contributed by atoms with Crippen molar-refractivity contribution >= 4 is 13.5 Å². The molecule has 0 amide bonds. The quantitative estimate of drug-likeness (QED) is 0.682. The first-order valence-electron chi connectivity index (χ1n) is 4.79. The van der Waals surface area contributed by atoms with Crippen molar-refractivity contribution in [2.45, 2.75) is 39.0 Å². The van der Waals surface area contributed by atoms with Gasteiger partial charge in [0.05, 0.1) is 0 Å². The molecule has 0 aromatic carbocycles. The molecule has 0 saturated carbocycles. The number of hydrogen-bond acceptors (Lipinski definition) is 1. The van der Waals surface area contributed by atoms with Gasteiger partial charge in [-0.15, -0.1) is 0 Å². The smallest absolute Gasteiger partial charge is 0.131 e. The lowest BCUT2D eigenvalue weighted by Gasteiger charge is -2.24. The van der Waals surface area contributed by atoms with E-state index in [1.54, 1.807) is 0 Å². The summed E-state index contributed by atoms with van der Waals surface area (Å²) in [5.74, 6) is 0. The third kappa shape index (κ3) is 2.31. The summed E-state index contributed by atoms with van der Waals surface area (Å²) >= 11 is 0. The minimum Gasteiger partial charge on any atom is -0.334 e. The van der Waals surface area contributed by atoms with Crippen molar-refractivity contribution in [1.29, 1.82) is 0 Å². The van der Waals surface area contributed by atoms with Gasteiger partial charge in [-0.05, 0) is 19.2 Å². The van der Waals surface area contributed by atoms with E-state index in [-0.39, 0.29) is 7.92 Å². The largest absolute Gasteiger partial charge is 0.334 e. The normalized spacial score (nSPS) is 12.0. The van der Waals surface area contributed by atoms with Gasteiger partial charge in [0.15, 0.2) is 0 Å². The van der Waals surface area contributed by atoms with Crippen LogP contribution in [-0.4, -0.2) is 20.9 Å². The van der Waals surface area contributed by atoms with E-state index >= 15 is 0 Å². The molecule has 0 fully saturated rings. The maximum absolute atomic E-state index is 4.45. The van der Waals surface area contributed by atoms with E-state index in [1.165, 1.54) is 5.57 Å². The van der Waals surface area contributed by atoms with Crippen LogP contribution in [0.4, 0.5) is 0 Å². The highest BCUT2D eigenvalue weighted by molar-refractivity contribution is 7.66. The molecule has 0 aliphatic rings. The summed E-state index contributed by atoms with van der Waals surface area (Å²) in [6, 6.07) is 0. The molecule has 1 aromatic rings. The molecule has 0 saturated heterocycles. The third-order valence-corrected chi connectivity index (χ3v) is 5.26. The molecule has 0 unspecified atom stereocenters. The molecule has 0 spiro atoms. The molecule has 74 valence electrons. The first-order chi connectivity index (χ1) is 6.04. The van der Waals surface area contributed by atoms with Crippen molar-refractivity contribution in [3.63, 3.8) is 0 Å². The number of imidazole rings is 1. The first kappa shape index (κ1) is 10.7. The van der Waals surface area contributed by atoms with Gasteiger partial charge in [0, 0.05) is 19.4 Å². The second-order valence-electron chi connectivity index (χ2n) is 3.93. The van der Waals surface area contributed by atoms with Crippen molar-refractivity contribution in [2.24, 2.45) is 7.05 Å². The van der Waals surface area contributed by atoms with Gasteiger partial charge >= 0.3 is 0 Å². The Balaban J connectivity index is 2.95. The number of aromatic nitrogens is 2. The van der Waals surface area contributed by atoms with Gasteiger partial charge in [-0.25, -0.2) is 4.98 Å². The van der Waals surface area contributed by atoms with Crippen LogP contribution in [0.1, 0.15) is 27.7 Å². The second-order valence-corrected chi connectivity index (χ2v) is 7.21. The van der Waals surface area contributed by atoms with Crippen LogP contribution in [0.5, 0.6) is 0 Å². The van der Waals surface area contributed by atoms with E-state index in [1.807, 2.05) is 12.4 Å². The molecule has 1 aromatic heterocycles. The first-order valence-corrected chi connectivity index (χ1v) is 6.27. The molecular formula is C10H19N2P. The topological polar surface area (TPSA) is 17.8 Å². The number of hydrogen-bond donors (Lipinski definition) is 0. The Bertz CT molecular complexity index is 258. The van der Waals surface area contributed by atoms with Crippen molar-refractivity contribution in [3.8, 4) is 0 Å². The van der Waals surface area contributed by atoms with E-state index in [2.05, 4.69) is 44.3 Å². The Labute approximate surface area is 82.1 Å². The van der Waals surface area contributed by atoms with Crippen molar-refractivity contribution in [1.82, 2.24) is 9.55 Å². The predicted octanol–water partition coefficient (Wildman–Crippen LogP) is 2.34. The maximum Gasteiger partial charge on any atom is 0.131 e. The Kier molecular flexibility index (Phi) is 3.49. The van der Waals surface area contributed by atoms with Gasteiger partial charge in [-0.2, -0.15) is 0 Å². The standard InChI is InChI=1S/C10H19N2P/c1-8(2)13(9(3)4)10-11-6-7-12(10)5/h6-9H,1-5H3. The van der Waals surface area contributed by atoms with Crippen LogP contribution >= 0.6 is 7.92 Å². The van der Waals surface area contributed by atoms with E-state index < -0.39 is 0 Å². The summed E-state index contributed by atoms with van der Waals surface area (Å²) in [6.45, 7) is 9.17. The lowest BCUT2D eigenvalue weighted by atomic mass is 10.5. The molecule has 0 atom stereocenters. The fourth-order valence-electron chi connectivity index (χ4n) is 1.66. The van der Waals surface area contributed by atoms with Crippen LogP contribution in [0.3, 0.4) is 0 Å². The zero-order chi connectivity index (χ0) is 10.0. The van der Waals surface area contributed by atoms with Gasteiger partial charge in [-0.1, -0.05) is 27.7 Å². The summed E-state index contributed by atoms with van der Waals surface area (Å²) < 4.78 is 2.16. The third-order valence-electron chi connectivity index (χ3n) is 2.14. The summed E-state index contributed by atoms with van der Waals surface area (Å²) in [5, 5.41) is 0. The Morgan fingerprint density at radius 2 is 1.77 bits per heavy atom. The average Bonchev–Trinajstić information content (AvgIpc) is 2.35. The average molecular weight is 198 g/mol. The lowest BCUT2D eigenvalue weighted by Crippen LogP contribution is -2.22. The molecule has 0 bridgehead atoms. The second kappa shape index (κ2) is 4.23.